The third-order valence-corrected chi connectivity index (χ3v) is 2.80. The summed E-state index contributed by atoms with van der Waals surface area (Å²) < 4.78 is 0. The first-order valence-electron chi connectivity index (χ1n) is 5.58. The smallest absolute Gasteiger partial charge is 0.217 e. The standard InChI is InChI=1S/C13H18N2OS/c1-8(2)10-4-6-11(7-5-10)12(13(14)17)15-9(3)16/h4-8,12H,1-3H3,(H2,14,17)(H,15,16). The lowest BCUT2D eigenvalue weighted by molar-refractivity contribution is -0.119. The van der Waals surface area contributed by atoms with Crippen LogP contribution >= 0.6 is 12.2 Å². The predicted molar refractivity (Wildman–Crippen MR) is 73.9 cm³/mol. The van der Waals surface area contributed by atoms with Gasteiger partial charge in [0.15, 0.2) is 0 Å². The molecule has 1 amide bonds. The van der Waals surface area contributed by atoms with E-state index in [0.717, 1.165) is 5.56 Å². The zero-order valence-corrected chi connectivity index (χ0v) is 11.2. The minimum Gasteiger partial charge on any atom is -0.391 e. The minimum atomic E-state index is -0.385. The Morgan fingerprint density at radius 2 is 1.71 bits per heavy atom. The lowest BCUT2D eigenvalue weighted by Gasteiger charge is -2.17. The highest BCUT2D eigenvalue weighted by molar-refractivity contribution is 7.80. The molecular formula is C13H18N2OS. The van der Waals surface area contributed by atoms with E-state index in [1.807, 2.05) is 24.3 Å². The molecule has 1 rings (SSSR count). The zero-order chi connectivity index (χ0) is 13.0. The van der Waals surface area contributed by atoms with Crippen LogP contribution in [0.5, 0.6) is 0 Å². The largest absolute Gasteiger partial charge is 0.391 e. The van der Waals surface area contributed by atoms with Crippen molar-refractivity contribution in [3.63, 3.8) is 0 Å². The SMILES string of the molecule is CC(=O)NC(C(N)=S)c1ccc(C(C)C)cc1. The van der Waals surface area contributed by atoms with Gasteiger partial charge in [-0.3, -0.25) is 4.79 Å². The number of carbonyl (C=O) groups excluding carboxylic acids is 1. The molecule has 4 heteroatoms. The normalized spacial score (nSPS) is 12.2. The molecule has 92 valence electrons. The summed E-state index contributed by atoms with van der Waals surface area (Å²) in [4.78, 5) is 11.4. The second kappa shape index (κ2) is 5.77. The number of rotatable bonds is 4. The van der Waals surface area contributed by atoms with Crippen molar-refractivity contribution in [3.8, 4) is 0 Å². The van der Waals surface area contributed by atoms with E-state index in [0.29, 0.717) is 5.92 Å². The number of thiocarbonyl (C=S) groups is 1. The van der Waals surface area contributed by atoms with Crippen LogP contribution in [-0.2, 0) is 4.79 Å². The molecule has 0 radical (unpaired) electrons. The summed E-state index contributed by atoms with van der Waals surface area (Å²) in [6.45, 7) is 5.72. The Morgan fingerprint density at radius 3 is 2.06 bits per heavy atom. The van der Waals surface area contributed by atoms with Crippen LogP contribution in [0.25, 0.3) is 0 Å². The topological polar surface area (TPSA) is 55.1 Å². The number of benzene rings is 1. The maximum Gasteiger partial charge on any atom is 0.217 e. The van der Waals surface area contributed by atoms with Crippen molar-refractivity contribution in [3.05, 3.63) is 35.4 Å². The van der Waals surface area contributed by atoms with Crippen LogP contribution in [-0.4, -0.2) is 10.9 Å². The van der Waals surface area contributed by atoms with Gasteiger partial charge in [-0.15, -0.1) is 0 Å². The maximum absolute atomic E-state index is 11.1. The quantitative estimate of drug-likeness (QED) is 0.806. The van der Waals surface area contributed by atoms with Gasteiger partial charge in [-0.05, 0) is 17.0 Å². The van der Waals surface area contributed by atoms with E-state index in [2.05, 4.69) is 19.2 Å². The molecule has 1 aromatic carbocycles. The minimum absolute atomic E-state index is 0.143. The summed E-state index contributed by atoms with van der Waals surface area (Å²) in [6.07, 6.45) is 0. The molecule has 1 unspecified atom stereocenters. The highest BCUT2D eigenvalue weighted by Gasteiger charge is 2.15. The molecule has 0 fully saturated rings. The maximum atomic E-state index is 11.1. The van der Waals surface area contributed by atoms with Crippen LogP contribution in [0.15, 0.2) is 24.3 Å². The summed E-state index contributed by atoms with van der Waals surface area (Å²) in [5.74, 6) is 0.337. The van der Waals surface area contributed by atoms with Gasteiger partial charge in [0.2, 0.25) is 5.91 Å². The molecule has 0 saturated carbocycles. The fraction of sp³-hybridized carbons (Fsp3) is 0.385. The van der Waals surface area contributed by atoms with Gasteiger partial charge in [0.05, 0.1) is 0 Å². The van der Waals surface area contributed by atoms with E-state index in [9.17, 15) is 4.79 Å². The van der Waals surface area contributed by atoms with Gasteiger partial charge in [0, 0.05) is 6.92 Å². The second-order valence-corrected chi connectivity index (χ2v) is 4.83. The Kier molecular flexibility index (Phi) is 4.63. The van der Waals surface area contributed by atoms with Crippen molar-refractivity contribution in [1.82, 2.24) is 5.32 Å². The van der Waals surface area contributed by atoms with Crippen LogP contribution in [0, 0.1) is 0 Å². The van der Waals surface area contributed by atoms with Gasteiger partial charge < -0.3 is 11.1 Å². The molecule has 0 aromatic heterocycles. The Hall–Kier alpha value is -1.42. The first-order valence-corrected chi connectivity index (χ1v) is 5.99. The van der Waals surface area contributed by atoms with Gasteiger partial charge in [0.1, 0.15) is 11.0 Å². The molecule has 3 nitrogen and oxygen atoms in total. The fourth-order valence-electron chi connectivity index (χ4n) is 1.60. The number of hydrogen-bond donors (Lipinski definition) is 2. The van der Waals surface area contributed by atoms with Crippen LogP contribution in [0.3, 0.4) is 0 Å². The Morgan fingerprint density at radius 1 is 1.24 bits per heavy atom. The molecule has 1 aromatic rings. The summed E-state index contributed by atoms with van der Waals surface area (Å²) in [6, 6.07) is 7.59. The van der Waals surface area contributed by atoms with E-state index < -0.39 is 0 Å². The first kappa shape index (κ1) is 13.6. The highest BCUT2D eigenvalue weighted by atomic mass is 32.1. The molecular weight excluding hydrogens is 232 g/mol. The molecule has 0 bridgehead atoms. The fourth-order valence-corrected chi connectivity index (χ4v) is 1.79. The van der Waals surface area contributed by atoms with Crippen molar-refractivity contribution >= 4 is 23.1 Å². The van der Waals surface area contributed by atoms with Crippen molar-refractivity contribution in [2.24, 2.45) is 5.73 Å². The monoisotopic (exact) mass is 250 g/mol. The number of amides is 1. The molecule has 17 heavy (non-hydrogen) atoms. The van der Waals surface area contributed by atoms with Crippen molar-refractivity contribution in [2.45, 2.75) is 32.7 Å². The number of nitrogens with two attached hydrogens (primary N) is 1. The lowest BCUT2D eigenvalue weighted by Crippen LogP contribution is -2.35. The summed E-state index contributed by atoms with van der Waals surface area (Å²) >= 11 is 4.96. The second-order valence-electron chi connectivity index (χ2n) is 4.36. The summed E-state index contributed by atoms with van der Waals surface area (Å²) in [5.41, 5.74) is 7.79. The Labute approximate surface area is 107 Å². The molecule has 3 N–H and O–H groups in total. The molecule has 0 aliphatic rings. The Balaban J connectivity index is 2.95. The van der Waals surface area contributed by atoms with E-state index >= 15 is 0 Å². The van der Waals surface area contributed by atoms with E-state index in [-0.39, 0.29) is 16.9 Å². The lowest BCUT2D eigenvalue weighted by atomic mass is 9.99. The van der Waals surface area contributed by atoms with Gasteiger partial charge >= 0.3 is 0 Å². The van der Waals surface area contributed by atoms with Gasteiger partial charge in [-0.25, -0.2) is 0 Å². The van der Waals surface area contributed by atoms with Crippen LogP contribution in [0.2, 0.25) is 0 Å². The van der Waals surface area contributed by atoms with Crippen LogP contribution < -0.4 is 11.1 Å². The van der Waals surface area contributed by atoms with E-state index in [1.54, 1.807) is 0 Å². The highest BCUT2D eigenvalue weighted by Crippen LogP contribution is 2.19. The summed E-state index contributed by atoms with van der Waals surface area (Å²) in [7, 11) is 0. The molecule has 1 atom stereocenters. The van der Waals surface area contributed by atoms with E-state index in [4.69, 9.17) is 18.0 Å². The number of nitrogens with one attached hydrogen (secondary N) is 1. The Bertz CT molecular complexity index is 412. The molecule has 0 heterocycles. The first-order chi connectivity index (χ1) is 7.91. The van der Waals surface area contributed by atoms with Crippen LogP contribution in [0.4, 0.5) is 0 Å². The average Bonchev–Trinajstić information content (AvgIpc) is 2.25. The number of hydrogen-bond acceptors (Lipinski definition) is 2. The van der Waals surface area contributed by atoms with E-state index in [1.165, 1.54) is 12.5 Å². The van der Waals surface area contributed by atoms with Gasteiger partial charge in [0.25, 0.3) is 0 Å². The van der Waals surface area contributed by atoms with Gasteiger partial charge in [-0.1, -0.05) is 50.3 Å². The third-order valence-electron chi connectivity index (χ3n) is 2.57. The third kappa shape index (κ3) is 3.82. The van der Waals surface area contributed by atoms with Crippen molar-refractivity contribution in [2.75, 3.05) is 0 Å². The van der Waals surface area contributed by atoms with Crippen molar-refractivity contribution < 1.29 is 4.79 Å². The molecule has 0 saturated heterocycles. The summed E-state index contributed by atoms with van der Waals surface area (Å²) in [5, 5.41) is 2.74. The van der Waals surface area contributed by atoms with Gasteiger partial charge in [-0.2, -0.15) is 0 Å². The molecule has 0 aliphatic heterocycles. The van der Waals surface area contributed by atoms with Crippen molar-refractivity contribution in [1.29, 1.82) is 0 Å². The zero-order valence-electron chi connectivity index (χ0n) is 10.4. The molecule has 0 aliphatic carbocycles. The molecule has 0 spiro atoms. The number of carbonyl (C=O) groups is 1. The predicted octanol–water partition coefficient (Wildman–Crippen LogP) is 2.27. The van der Waals surface area contributed by atoms with Crippen LogP contribution in [0.1, 0.15) is 43.9 Å². The average molecular weight is 250 g/mol.